The lowest BCUT2D eigenvalue weighted by molar-refractivity contribution is -0.169. The van der Waals surface area contributed by atoms with Gasteiger partial charge in [-0.05, 0) is 26.0 Å². The minimum Gasteiger partial charge on any atom is -0.382 e. The molecule has 0 saturated carbocycles. The van der Waals surface area contributed by atoms with E-state index in [-0.39, 0.29) is 24.1 Å². The first-order valence-electron chi connectivity index (χ1n) is 8.29. The number of amides is 1. The summed E-state index contributed by atoms with van der Waals surface area (Å²) in [6.45, 7) is 5.23. The molecule has 1 aliphatic heterocycles. The predicted octanol–water partition coefficient (Wildman–Crippen LogP) is 1.05. The van der Waals surface area contributed by atoms with Crippen molar-refractivity contribution in [3.63, 3.8) is 0 Å². The maximum absolute atomic E-state index is 12.9. The Morgan fingerprint density at radius 3 is 2.92 bits per heavy atom. The van der Waals surface area contributed by atoms with Crippen LogP contribution in [0.15, 0.2) is 35.3 Å². The van der Waals surface area contributed by atoms with Gasteiger partial charge in [0.25, 0.3) is 5.56 Å². The first-order valence-corrected chi connectivity index (χ1v) is 8.29. The summed E-state index contributed by atoms with van der Waals surface area (Å²) in [7, 11) is 1.61. The van der Waals surface area contributed by atoms with Crippen LogP contribution in [-0.2, 0) is 20.8 Å². The zero-order chi connectivity index (χ0) is 18.0. The molecule has 1 amide bonds. The van der Waals surface area contributed by atoms with Crippen molar-refractivity contribution < 1.29 is 14.3 Å². The van der Waals surface area contributed by atoms with E-state index < -0.39 is 5.60 Å². The fourth-order valence-corrected chi connectivity index (χ4v) is 3.27. The molecule has 2 heterocycles. The first kappa shape index (κ1) is 17.6. The summed E-state index contributed by atoms with van der Waals surface area (Å²) in [5.74, 6) is -0.115. The highest BCUT2D eigenvalue weighted by Gasteiger charge is 2.35. The maximum atomic E-state index is 12.9. The normalized spacial score (nSPS) is 20.0. The second-order valence-corrected chi connectivity index (χ2v) is 6.90. The number of benzene rings is 1. The Morgan fingerprint density at radius 1 is 1.40 bits per heavy atom. The predicted molar refractivity (Wildman–Crippen MR) is 93.4 cm³/mol. The van der Waals surface area contributed by atoms with Gasteiger partial charge in [-0.2, -0.15) is 0 Å². The molecule has 25 heavy (non-hydrogen) atoms. The van der Waals surface area contributed by atoms with Gasteiger partial charge in [-0.15, -0.1) is 0 Å². The van der Waals surface area contributed by atoms with Gasteiger partial charge in [0.05, 0.1) is 35.5 Å². The number of carbonyl (C=O) groups is 1. The van der Waals surface area contributed by atoms with Crippen LogP contribution in [0.2, 0.25) is 0 Å². The van der Waals surface area contributed by atoms with E-state index in [2.05, 4.69) is 4.98 Å². The van der Waals surface area contributed by atoms with Gasteiger partial charge < -0.3 is 14.4 Å². The summed E-state index contributed by atoms with van der Waals surface area (Å²) in [6, 6.07) is 7.30. The van der Waals surface area contributed by atoms with Crippen LogP contribution in [0.5, 0.6) is 0 Å². The van der Waals surface area contributed by atoms with Gasteiger partial charge >= 0.3 is 0 Å². The van der Waals surface area contributed by atoms with E-state index in [0.29, 0.717) is 30.7 Å². The number of carbonyl (C=O) groups excluding carboxylic acids is 1. The first-order chi connectivity index (χ1) is 11.9. The van der Waals surface area contributed by atoms with Crippen LogP contribution in [0.1, 0.15) is 13.8 Å². The van der Waals surface area contributed by atoms with Crippen molar-refractivity contribution in [2.45, 2.75) is 32.1 Å². The van der Waals surface area contributed by atoms with Crippen molar-refractivity contribution in [1.82, 2.24) is 14.5 Å². The summed E-state index contributed by atoms with van der Waals surface area (Å²) in [6.07, 6.45) is 1.08. The van der Waals surface area contributed by atoms with E-state index in [4.69, 9.17) is 9.47 Å². The van der Waals surface area contributed by atoms with Gasteiger partial charge in [0, 0.05) is 20.2 Å². The molecule has 0 spiro atoms. The molecule has 1 aliphatic rings. The molecule has 1 unspecified atom stereocenters. The number of ether oxygens (including phenoxy) is 2. The molecular formula is C18H23N3O4. The Labute approximate surface area is 146 Å². The van der Waals surface area contributed by atoms with Crippen molar-refractivity contribution in [1.29, 1.82) is 0 Å². The number of rotatable bonds is 4. The Balaban J connectivity index is 1.85. The molecule has 1 aromatic carbocycles. The smallest absolute Gasteiger partial charge is 0.269 e. The number of hydrogen-bond acceptors (Lipinski definition) is 5. The summed E-state index contributed by atoms with van der Waals surface area (Å²) >= 11 is 0. The minimum absolute atomic E-state index is 0.0162. The van der Waals surface area contributed by atoms with Crippen molar-refractivity contribution in [2.24, 2.45) is 0 Å². The van der Waals surface area contributed by atoms with Gasteiger partial charge in [-0.25, -0.2) is 4.98 Å². The van der Waals surface area contributed by atoms with Crippen molar-refractivity contribution >= 4 is 16.9 Å². The van der Waals surface area contributed by atoms with Gasteiger partial charge in [0.2, 0.25) is 5.91 Å². The largest absolute Gasteiger partial charge is 0.382 e. The average molecular weight is 345 g/mol. The number of para-hydroxylation sites is 2. The summed E-state index contributed by atoms with van der Waals surface area (Å²) in [5, 5.41) is 0. The molecule has 7 nitrogen and oxygen atoms in total. The topological polar surface area (TPSA) is 73.7 Å². The Kier molecular flexibility index (Phi) is 4.87. The van der Waals surface area contributed by atoms with Crippen LogP contribution in [-0.4, -0.2) is 58.9 Å². The molecule has 3 rings (SSSR count). The number of nitrogens with zero attached hydrogens (tertiary/aromatic N) is 3. The van der Waals surface area contributed by atoms with Crippen LogP contribution >= 0.6 is 0 Å². The minimum atomic E-state index is -0.456. The Morgan fingerprint density at radius 2 is 2.16 bits per heavy atom. The van der Waals surface area contributed by atoms with Gasteiger partial charge in [-0.1, -0.05) is 12.1 Å². The molecule has 1 aromatic heterocycles. The quantitative estimate of drug-likeness (QED) is 0.828. The molecule has 1 saturated heterocycles. The lowest BCUT2D eigenvalue weighted by Crippen LogP contribution is -2.56. The second-order valence-electron chi connectivity index (χ2n) is 6.90. The van der Waals surface area contributed by atoms with Crippen LogP contribution in [0.3, 0.4) is 0 Å². The van der Waals surface area contributed by atoms with E-state index in [1.54, 1.807) is 18.1 Å². The molecule has 2 aromatic rings. The molecule has 1 fully saturated rings. The lowest BCUT2D eigenvalue weighted by Gasteiger charge is -2.42. The van der Waals surface area contributed by atoms with E-state index in [9.17, 15) is 9.59 Å². The number of hydrogen-bond donors (Lipinski definition) is 0. The van der Waals surface area contributed by atoms with Crippen molar-refractivity contribution in [3.8, 4) is 0 Å². The third-order valence-corrected chi connectivity index (χ3v) is 4.23. The average Bonchev–Trinajstić information content (AvgIpc) is 2.56. The maximum Gasteiger partial charge on any atom is 0.269 e. The number of aromatic nitrogens is 2. The van der Waals surface area contributed by atoms with E-state index in [1.807, 2.05) is 32.0 Å². The van der Waals surface area contributed by atoms with Gasteiger partial charge in [-0.3, -0.25) is 14.2 Å². The third-order valence-electron chi connectivity index (χ3n) is 4.23. The molecule has 134 valence electrons. The molecular weight excluding hydrogens is 322 g/mol. The highest BCUT2D eigenvalue weighted by Crippen LogP contribution is 2.21. The van der Waals surface area contributed by atoms with E-state index in [0.717, 1.165) is 0 Å². The van der Waals surface area contributed by atoms with Gasteiger partial charge in [0.1, 0.15) is 6.54 Å². The van der Waals surface area contributed by atoms with Crippen LogP contribution in [0.4, 0.5) is 0 Å². The third kappa shape index (κ3) is 3.88. The second kappa shape index (κ2) is 6.93. The van der Waals surface area contributed by atoms with Crippen molar-refractivity contribution in [3.05, 3.63) is 40.8 Å². The van der Waals surface area contributed by atoms with Crippen LogP contribution < -0.4 is 5.56 Å². The van der Waals surface area contributed by atoms with E-state index >= 15 is 0 Å². The zero-order valence-corrected chi connectivity index (χ0v) is 14.8. The number of fused-ring (bicyclic) bond motifs is 1. The Hall–Kier alpha value is -2.25. The van der Waals surface area contributed by atoms with E-state index in [1.165, 1.54) is 10.8 Å². The summed E-state index contributed by atoms with van der Waals surface area (Å²) in [5.41, 5.74) is 0.606. The molecule has 1 atom stereocenters. The molecule has 0 radical (unpaired) electrons. The summed E-state index contributed by atoms with van der Waals surface area (Å²) < 4.78 is 12.6. The molecule has 7 heteroatoms. The number of morpholine rings is 1. The monoisotopic (exact) mass is 345 g/mol. The molecule has 0 N–H and O–H groups in total. The SMILES string of the molecule is COCC1CN(C(=O)Cn2c(=O)cnc3ccccc32)CC(C)(C)O1. The fourth-order valence-electron chi connectivity index (χ4n) is 3.27. The molecule has 0 aliphatic carbocycles. The molecule has 0 bridgehead atoms. The highest BCUT2D eigenvalue weighted by atomic mass is 16.5. The Bertz CT molecular complexity index is 830. The van der Waals surface area contributed by atoms with Crippen molar-refractivity contribution in [2.75, 3.05) is 26.8 Å². The zero-order valence-electron chi connectivity index (χ0n) is 14.8. The van der Waals surface area contributed by atoms with Crippen LogP contribution in [0.25, 0.3) is 11.0 Å². The summed E-state index contributed by atoms with van der Waals surface area (Å²) in [4.78, 5) is 31.0. The van der Waals surface area contributed by atoms with Crippen LogP contribution in [0, 0.1) is 0 Å². The van der Waals surface area contributed by atoms with Gasteiger partial charge in [0.15, 0.2) is 0 Å². The lowest BCUT2D eigenvalue weighted by atomic mass is 10.1. The fraction of sp³-hybridized carbons (Fsp3) is 0.500. The highest BCUT2D eigenvalue weighted by molar-refractivity contribution is 5.80. The number of methoxy groups -OCH3 is 1. The standard InChI is InChI=1S/C18H23N3O4/c1-18(2)12-20(9-13(25-18)11-24-3)17(23)10-21-15-7-5-4-6-14(15)19-8-16(21)22/h4-8,13H,9-12H2,1-3H3.